The van der Waals surface area contributed by atoms with E-state index >= 15 is 0 Å². The maximum absolute atomic E-state index is 13.2. The zero-order valence-electron chi connectivity index (χ0n) is 14.7. The third-order valence-electron chi connectivity index (χ3n) is 4.73. The van der Waals surface area contributed by atoms with Gasteiger partial charge in [-0.15, -0.1) is 0 Å². The molecule has 1 N–H and O–H groups in total. The first-order valence-corrected chi connectivity index (χ1v) is 10.9. The van der Waals surface area contributed by atoms with Crippen molar-refractivity contribution in [1.29, 1.82) is 0 Å². The van der Waals surface area contributed by atoms with Crippen molar-refractivity contribution >= 4 is 44.4 Å². The van der Waals surface area contributed by atoms with Crippen LogP contribution in [0, 0.1) is 11.7 Å². The number of nitrogens with one attached hydrogen (secondary N) is 1. The van der Waals surface area contributed by atoms with Crippen LogP contribution >= 0.6 is 11.7 Å². The summed E-state index contributed by atoms with van der Waals surface area (Å²) in [6, 6.07) is 10.3. The molecule has 10 heteroatoms. The van der Waals surface area contributed by atoms with Crippen LogP contribution in [-0.4, -0.2) is 40.5 Å². The summed E-state index contributed by atoms with van der Waals surface area (Å²) >= 11 is 0.964. The van der Waals surface area contributed by atoms with Gasteiger partial charge in [-0.05, 0) is 49.2 Å². The largest absolute Gasteiger partial charge is 0.326 e. The SMILES string of the molecule is O=C(Nc1ccc(F)cc1)C1CCCN(S(=O)(=O)c2cccc3nsnc23)C1. The summed E-state index contributed by atoms with van der Waals surface area (Å²) in [7, 11) is -3.80. The average molecular weight is 420 g/mol. The number of sulfonamides is 1. The van der Waals surface area contributed by atoms with E-state index < -0.39 is 21.8 Å². The maximum atomic E-state index is 13.2. The smallest absolute Gasteiger partial charge is 0.245 e. The zero-order chi connectivity index (χ0) is 19.7. The predicted molar refractivity (Wildman–Crippen MR) is 104 cm³/mol. The number of carbonyl (C=O) groups is 1. The molecular weight excluding hydrogens is 403 g/mol. The summed E-state index contributed by atoms with van der Waals surface area (Å²) in [5.74, 6) is -1.15. The highest BCUT2D eigenvalue weighted by molar-refractivity contribution is 7.89. The van der Waals surface area contributed by atoms with Crippen molar-refractivity contribution in [3.05, 3.63) is 48.3 Å². The number of piperidine rings is 1. The van der Waals surface area contributed by atoms with E-state index in [9.17, 15) is 17.6 Å². The fourth-order valence-corrected chi connectivity index (χ4v) is 5.56. The van der Waals surface area contributed by atoms with E-state index in [-0.39, 0.29) is 17.3 Å². The Kier molecular flexibility index (Phi) is 5.09. The molecule has 3 aromatic rings. The summed E-state index contributed by atoms with van der Waals surface area (Å²) < 4.78 is 48.9. The summed E-state index contributed by atoms with van der Waals surface area (Å²) in [6.07, 6.45) is 1.16. The Balaban J connectivity index is 1.53. The van der Waals surface area contributed by atoms with Crippen molar-refractivity contribution in [2.45, 2.75) is 17.7 Å². The average Bonchev–Trinajstić information content (AvgIpc) is 3.18. The Hall–Kier alpha value is -2.43. The molecule has 7 nitrogen and oxygen atoms in total. The van der Waals surface area contributed by atoms with E-state index in [2.05, 4.69) is 14.1 Å². The van der Waals surface area contributed by atoms with E-state index in [1.165, 1.54) is 34.6 Å². The number of aromatic nitrogens is 2. The standard InChI is InChI=1S/C18H17FN4O3S2/c19-13-6-8-14(9-7-13)20-18(24)12-3-2-10-23(11-12)28(25,26)16-5-1-4-15-17(16)22-27-21-15/h1,4-9,12H,2-3,10-11H2,(H,20,24). The van der Waals surface area contributed by atoms with Crippen molar-refractivity contribution in [2.75, 3.05) is 18.4 Å². The first kappa shape index (κ1) is 18.9. The van der Waals surface area contributed by atoms with Gasteiger partial charge in [0.15, 0.2) is 0 Å². The third kappa shape index (κ3) is 3.62. The molecule has 1 aromatic heterocycles. The molecule has 2 aromatic carbocycles. The quantitative estimate of drug-likeness (QED) is 0.701. The van der Waals surface area contributed by atoms with Gasteiger partial charge in [0.05, 0.1) is 17.6 Å². The molecule has 0 bridgehead atoms. The lowest BCUT2D eigenvalue weighted by Crippen LogP contribution is -2.43. The summed E-state index contributed by atoms with van der Waals surface area (Å²) in [4.78, 5) is 12.7. The Morgan fingerprint density at radius 3 is 2.75 bits per heavy atom. The number of carbonyl (C=O) groups excluding carboxylic acids is 1. The fraction of sp³-hybridized carbons (Fsp3) is 0.278. The predicted octanol–water partition coefficient (Wildman–Crippen LogP) is 2.87. The number of anilines is 1. The highest BCUT2D eigenvalue weighted by Gasteiger charge is 2.34. The lowest BCUT2D eigenvalue weighted by Gasteiger charge is -2.31. The number of halogens is 1. The first-order chi connectivity index (χ1) is 13.4. The number of nitrogens with zero attached hydrogens (tertiary/aromatic N) is 3. The van der Waals surface area contributed by atoms with E-state index in [1.54, 1.807) is 12.1 Å². The first-order valence-electron chi connectivity index (χ1n) is 8.73. The minimum absolute atomic E-state index is 0.0866. The number of fused-ring (bicyclic) bond motifs is 1. The fourth-order valence-electron chi connectivity index (χ4n) is 3.28. The molecule has 1 fully saturated rings. The Morgan fingerprint density at radius 1 is 1.18 bits per heavy atom. The number of amides is 1. The maximum Gasteiger partial charge on any atom is 0.245 e. The molecule has 0 saturated carbocycles. The second-order valence-electron chi connectivity index (χ2n) is 6.59. The Labute approximate surface area is 165 Å². The molecule has 0 aliphatic carbocycles. The van der Waals surface area contributed by atoms with Crippen molar-refractivity contribution in [1.82, 2.24) is 13.1 Å². The van der Waals surface area contributed by atoms with Crippen LogP contribution < -0.4 is 5.32 Å². The third-order valence-corrected chi connectivity index (χ3v) is 7.17. The van der Waals surface area contributed by atoms with E-state index in [0.29, 0.717) is 36.1 Å². The van der Waals surface area contributed by atoms with Gasteiger partial charge in [0, 0.05) is 18.8 Å². The Morgan fingerprint density at radius 2 is 1.96 bits per heavy atom. The van der Waals surface area contributed by atoms with Gasteiger partial charge in [0.25, 0.3) is 0 Å². The molecule has 2 heterocycles. The van der Waals surface area contributed by atoms with Gasteiger partial charge >= 0.3 is 0 Å². The van der Waals surface area contributed by atoms with Crippen LogP contribution in [0.25, 0.3) is 11.0 Å². The molecule has 1 amide bonds. The molecule has 146 valence electrons. The van der Waals surface area contributed by atoms with Crippen molar-refractivity contribution < 1.29 is 17.6 Å². The highest BCUT2D eigenvalue weighted by Crippen LogP contribution is 2.28. The zero-order valence-corrected chi connectivity index (χ0v) is 16.3. The number of hydrogen-bond acceptors (Lipinski definition) is 6. The van der Waals surface area contributed by atoms with Crippen LogP contribution in [0.3, 0.4) is 0 Å². The normalized spacial score (nSPS) is 18.2. The van der Waals surface area contributed by atoms with Crippen LogP contribution in [0.15, 0.2) is 47.4 Å². The van der Waals surface area contributed by atoms with Crippen LogP contribution in [0.5, 0.6) is 0 Å². The Bertz CT molecular complexity index is 1120. The lowest BCUT2D eigenvalue weighted by atomic mass is 9.99. The van der Waals surface area contributed by atoms with Gasteiger partial charge in [0.1, 0.15) is 21.7 Å². The second kappa shape index (κ2) is 7.53. The number of rotatable bonds is 4. The number of hydrogen-bond donors (Lipinski definition) is 1. The minimum atomic E-state index is -3.80. The van der Waals surface area contributed by atoms with E-state index in [1.807, 2.05) is 0 Å². The van der Waals surface area contributed by atoms with Gasteiger partial charge in [-0.1, -0.05) is 6.07 Å². The van der Waals surface area contributed by atoms with Gasteiger partial charge in [-0.25, -0.2) is 12.8 Å². The van der Waals surface area contributed by atoms with Gasteiger partial charge in [-0.2, -0.15) is 13.1 Å². The topological polar surface area (TPSA) is 92.3 Å². The van der Waals surface area contributed by atoms with Gasteiger partial charge in [-0.3, -0.25) is 4.79 Å². The van der Waals surface area contributed by atoms with Crippen LogP contribution in [0.4, 0.5) is 10.1 Å². The summed E-state index contributed by atoms with van der Waals surface area (Å²) in [5, 5.41) is 2.73. The molecule has 28 heavy (non-hydrogen) atoms. The molecule has 1 unspecified atom stereocenters. The molecule has 4 rings (SSSR count). The molecule has 0 radical (unpaired) electrons. The molecule has 1 atom stereocenters. The molecule has 1 aliphatic heterocycles. The van der Waals surface area contributed by atoms with Crippen molar-refractivity contribution in [2.24, 2.45) is 5.92 Å². The highest BCUT2D eigenvalue weighted by atomic mass is 32.2. The molecule has 1 aliphatic rings. The lowest BCUT2D eigenvalue weighted by molar-refractivity contribution is -0.120. The van der Waals surface area contributed by atoms with E-state index in [4.69, 9.17) is 0 Å². The van der Waals surface area contributed by atoms with Gasteiger partial charge < -0.3 is 5.32 Å². The second-order valence-corrected chi connectivity index (χ2v) is 9.02. The number of benzene rings is 2. The molecule has 0 spiro atoms. The minimum Gasteiger partial charge on any atom is -0.326 e. The summed E-state index contributed by atoms with van der Waals surface area (Å²) in [5.41, 5.74) is 1.36. The summed E-state index contributed by atoms with van der Waals surface area (Å²) in [6.45, 7) is 0.430. The molecular formula is C18H17FN4O3S2. The van der Waals surface area contributed by atoms with Crippen molar-refractivity contribution in [3.8, 4) is 0 Å². The monoisotopic (exact) mass is 420 g/mol. The van der Waals surface area contributed by atoms with Crippen molar-refractivity contribution in [3.63, 3.8) is 0 Å². The van der Waals surface area contributed by atoms with Crippen LogP contribution in [0.2, 0.25) is 0 Å². The molecule has 1 saturated heterocycles. The van der Waals surface area contributed by atoms with Crippen LogP contribution in [0.1, 0.15) is 12.8 Å². The van der Waals surface area contributed by atoms with E-state index in [0.717, 1.165) is 11.7 Å². The van der Waals surface area contributed by atoms with Crippen LogP contribution in [-0.2, 0) is 14.8 Å². The van der Waals surface area contributed by atoms with Gasteiger partial charge in [0.2, 0.25) is 15.9 Å².